The molecule has 0 aliphatic heterocycles. The summed E-state index contributed by atoms with van der Waals surface area (Å²) in [5.41, 5.74) is 4.29. The Bertz CT molecular complexity index is 1210. The Balaban J connectivity index is 1.37. The summed E-state index contributed by atoms with van der Waals surface area (Å²) in [5, 5.41) is 3.02. The maximum absolute atomic E-state index is 12.6. The Morgan fingerprint density at radius 1 is 0.906 bits per heavy atom. The molecular weight excluding hydrogens is 398 g/mol. The lowest BCUT2D eigenvalue weighted by Crippen LogP contribution is -2.28. The zero-order chi connectivity index (χ0) is 22.3. The molecule has 162 valence electrons. The largest absolute Gasteiger partial charge is 0.356 e. The Kier molecular flexibility index (Phi) is 6.75. The van der Waals surface area contributed by atoms with E-state index in [0.717, 1.165) is 17.5 Å². The minimum Gasteiger partial charge on any atom is -0.356 e. The van der Waals surface area contributed by atoms with Gasteiger partial charge in [0.15, 0.2) is 0 Å². The first-order valence-corrected chi connectivity index (χ1v) is 10.9. The van der Waals surface area contributed by atoms with Crippen molar-refractivity contribution in [2.24, 2.45) is 7.05 Å². The first-order chi connectivity index (χ1) is 15.6. The van der Waals surface area contributed by atoms with Gasteiger partial charge >= 0.3 is 0 Å². The average Bonchev–Trinajstić information content (AvgIpc) is 2.84. The maximum Gasteiger partial charge on any atom is 0.272 e. The van der Waals surface area contributed by atoms with Crippen LogP contribution in [0.15, 0.2) is 89.7 Å². The van der Waals surface area contributed by atoms with Crippen molar-refractivity contribution in [3.63, 3.8) is 0 Å². The first-order valence-electron chi connectivity index (χ1n) is 10.9. The fourth-order valence-corrected chi connectivity index (χ4v) is 4.07. The quantitative estimate of drug-likeness (QED) is 0.460. The number of hydrogen-bond donors (Lipinski definition) is 1. The number of rotatable bonds is 8. The van der Waals surface area contributed by atoms with E-state index in [1.165, 1.54) is 11.1 Å². The van der Waals surface area contributed by atoms with Crippen LogP contribution >= 0.6 is 0 Å². The number of fused-ring (bicyclic) bond motifs is 1. The third-order valence-corrected chi connectivity index (χ3v) is 5.80. The van der Waals surface area contributed by atoms with Gasteiger partial charge in [0.05, 0.1) is 11.0 Å². The normalized spacial score (nSPS) is 11.1. The first kappa shape index (κ1) is 21.5. The molecule has 4 aromatic rings. The highest BCUT2D eigenvalue weighted by Crippen LogP contribution is 2.27. The molecule has 0 saturated heterocycles. The lowest BCUT2D eigenvalue weighted by molar-refractivity contribution is -0.121. The molecule has 1 aromatic heterocycles. The fourth-order valence-electron chi connectivity index (χ4n) is 4.07. The van der Waals surface area contributed by atoms with Crippen LogP contribution in [-0.2, 0) is 18.3 Å². The molecule has 0 fully saturated rings. The van der Waals surface area contributed by atoms with E-state index in [9.17, 15) is 9.59 Å². The molecular formula is C27H27N3O2. The van der Waals surface area contributed by atoms with Crippen molar-refractivity contribution in [2.75, 3.05) is 6.54 Å². The number of para-hydroxylation sites is 2. The summed E-state index contributed by atoms with van der Waals surface area (Å²) < 4.78 is 1.60. The summed E-state index contributed by atoms with van der Waals surface area (Å²) in [6.45, 7) is 0.566. The second kappa shape index (κ2) is 10.1. The highest BCUT2D eigenvalue weighted by atomic mass is 16.1. The van der Waals surface area contributed by atoms with Crippen LogP contribution in [0, 0.1) is 0 Å². The van der Waals surface area contributed by atoms with Crippen molar-refractivity contribution in [1.82, 2.24) is 14.9 Å². The van der Waals surface area contributed by atoms with Crippen molar-refractivity contribution in [1.29, 1.82) is 0 Å². The summed E-state index contributed by atoms with van der Waals surface area (Å²) in [7, 11) is 1.74. The van der Waals surface area contributed by atoms with Crippen molar-refractivity contribution >= 4 is 16.9 Å². The van der Waals surface area contributed by atoms with Gasteiger partial charge in [-0.05, 0) is 29.7 Å². The molecule has 4 rings (SSSR count). The fraction of sp³-hybridized carbons (Fsp3) is 0.222. The van der Waals surface area contributed by atoms with Gasteiger partial charge in [-0.3, -0.25) is 9.59 Å². The van der Waals surface area contributed by atoms with Crippen LogP contribution in [0.1, 0.15) is 35.6 Å². The number of carbonyl (C=O) groups is 1. The predicted octanol–water partition coefficient (Wildman–Crippen LogP) is 4.20. The number of aromatic nitrogens is 2. The molecule has 0 spiro atoms. The molecule has 1 heterocycles. The minimum absolute atomic E-state index is 0.0677. The number of nitrogens with zero attached hydrogens (tertiary/aromatic N) is 2. The van der Waals surface area contributed by atoms with E-state index in [-0.39, 0.29) is 23.8 Å². The molecule has 0 unspecified atom stereocenters. The van der Waals surface area contributed by atoms with Gasteiger partial charge in [-0.1, -0.05) is 72.8 Å². The lowest BCUT2D eigenvalue weighted by Gasteiger charge is -2.18. The van der Waals surface area contributed by atoms with Crippen molar-refractivity contribution in [3.05, 3.63) is 112 Å². The lowest BCUT2D eigenvalue weighted by atomic mass is 9.88. The van der Waals surface area contributed by atoms with Gasteiger partial charge in [0, 0.05) is 32.4 Å². The zero-order valence-electron chi connectivity index (χ0n) is 18.2. The number of hydrogen-bond acceptors (Lipinski definition) is 3. The number of benzene rings is 3. The van der Waals surface area contributed by atoms with Gasteiger partial charge < -0.3 is 9.88 Å². The summed E-state index contributed by atoms with van der Waals surface area (Å²) in [4.78, 5) is 29.5. The smallest absolute Gasteiger partial charge is 0.272 e. The molecule has 5 nitrogen and oxygen atoms in total. The molecule has 1 amide bonds. The summed E-state index contributed by atoms with van der Waals surface area (Å²) in [5.74, 6) is 0.147. The van der Waals surface area contributed by atoms with Gasteiger partial charge in [-0.2, -0.15) is 0 Å². The summed E-state index contributed by atoms with van der Waals surface area (Å²) in [6.07, 6.45) is 1.36. The van der Waals surface area contributed by atoms with Crippen molar-refractivity contribution in [3.8, 4) is 0 Å². The van der Waals surface area contributed by atoms with Crippen molar-refractivity contribution in [2.45, 2.75) is 25.2 Å². The molecule has 0 bridgehead atoms. The number of carbonyl (C=O) groups excluding carboxylic acids is 1. The van der Waals surface area contributed by atoms with Crippen LogP contribution in [-0.4, -0.2) is 22.0 Å². The van der Waals surface area contributed by atoms with E-state index in [1.807, 2.05) is 60.7 Å². The Hall–Kier alpha value is -3.73. The summed E-state index contributed by atoms with van der Waals surface area (Å²) in [6, 6.07) is 28.2. The highest BCUT2D eigenvalue weighted by molar-refractivity contribution is 5.77. The van der Waals surface area contributed by atoms with Crippen LogP contribution in [0.3, 0.4) is 0 Å². The molecule has 1 N–H and O–H groups in total. The third kappa shape index (κ3) is 4.94. The van der Waals surface area contributed by atoms with Gasteiger partial charge in [0.2, 0.25) is 5.91 Å². The zero-order valence-corrected chi connectivity index (χ0v) is 18.2. The average molecular weight is 426 g/mol. The third-order valence-electron chi connectivity index (χ3n) is 5.80. The second-order valence-electron chi connectivity index (χ2n) is 7.92. The molecule has 0 radical (unpaired) electrons. The van der Waals surface area contributed by atoms with Crippen molar-refractivity contribution < 1.29 is 4.79 Å². The van der Waals surface area contributed by atoms with E-state index in [4.69, 9.17) is 0 Å². The van der Waals surface area contributed by atoms with Crippen LogP contribution in [0.25, 0.3) is 11.0 Å². The van der Waals surface area contributed by atoms with Crippen LogP contribution in [0.4, 0.5) is 0 Å². The highest BCUT2D eigenvalue weighted by Gasteiger charge is 2.15. The number of amides is 1. The Morgan fingerprint density at radius 2 is 1.50 bits per heavy atom. The molecule has 0 aliphatic rings. The van der Waals surface area contributed by atoms with Crippen LogP contribution in [0.5, 0.6) is 0 Å². The molecule has 0 aliphatic carbocycles. The monoisotopic (exact) mass is 425 g/mol. The van der Waals surface area contributed by atoms with E-state index in [1.54, 1.807) is 11.6 Å². The number of nitrogens with one attached hydrogen (secondary N) is 1. The Labute approximate surface area is 187 Å². The molecule has 0 saturated carbocycles. The molecule has 0 atom stereocenters. The van der Waals surface area contributed by atoms with Crippen LogP contribution in [0.2, 0.25) is 0 Å². The predicted molar refractivity (Wildman–Crippen MR) is 128 cm³/mol. The van der Waals surface area contributed by atoms with Gasteiger partial charge in [-0.15, -0.1) is 0 Å². The molecule has 3 aromatic carbocycles. The minimum atomic E-state index is -0.148. The second-order valence-corrected chi connectivity index (χ2v) is 7.92. The standard InChI is InChI=1S/C27H27N3O2/c1-30-25-15-9-8-14-23(25)29-24(27(30)32)16-17-26(31)28-19-18-22(20-10-4-2-5-11-20)21-12-6-3-7-13-21/h2-15,22H,16-19H2,1H3,(H,28,31). The van der Waals surface area contributed by atoms with E-state index >= 15 is 0 Å². The number of aryl methyl sites for hydroxylation is 2. The maximum atomic E-state index is 12.6. The van der Waals surface area contributed by atoms with Gasteiger partial charge in [0.1, 0.15) is 5.69 Å². The van der Waals surface area contributed by atoms with E-state index in [0.29, 0.717) is 18.7 Å². The Morgan fingerprint density at radius 3 is 2.16 bits per heavy atom. The SMILES string of the molecule is Cn1c(=O)c(CCC(=O)NCCC(c2ccccc2)c2ccccc2)nc2ccccc21. The van der Waals surface area contributed by atoms with Gasteiger partial charge in [-0.25, -0.2) is 4.98 Å². The van der Waals surface area contributed by atoms with E-state index < -0.39 is 0 Å². The molecule has 32 heavy (non-hydrogen) atoms. The summed E-state index contributed by atoms with van der Waals surface area (Å²) >= 11 is 0. The van der Waals surface area contributed by atoms with Crippen LogP contribution < -0.4 is 10.9 Å². The van der Waals surface area contributed by atoms with Gasteiger partial charge in [0.25, 0.3) is 5.56 Å². The van der Waals surface area contributed by atoms with E-state index in [2.05, 4.69) is 34.6 Å². The topological polar surface area (TPSA) is 64.0 Å². The molecule has 5 heteroatoms.